The third kappa shape index (κ3) is 3.12. The van der Waals surface area contributed by atoms with Crippen LogP contribution < -0.4 is 14.8 Å². The Kier molecular flexibility index (Phi) is 4.62. The van der Waals surface area contributed by atoms with E-state index in [9.17, 15) is 18.0 Å². The van der Waals surface area contributed by atoms with Crippen LogP contribution in [0.25, 0.3) is 0 Å². The first-order valence-electron chi connectivity index (χ1n) is 7.35. The van der Waals surface area contributed by atoms with Gasteiger partial charge in [-0.1, -0.05) is 11.6 Å². The Morgan fingerprint density at radius 2 is 1.88 bits per heavy atom. The summed E-state index contributed by atoms with van der Waals surface area (Å²) in [6.07, 6.45) is -5.74. The largest absolute Gasteiger partial charge is 0.493 e. The average Bonchev–Trinajstić information content (AvgIpc) is 2.90. The van der Waals surface area contributed by atoms with Crippen molar-refractivity contribution in [2.24, 2.45) is 0 Å². The van der Waals surface area contributed by atoms with Crippen molar-refractivity contribution in [2.45, 2.75) is 12.4 Å². The molecule has 2 aromatic carbocycles. The Bertz CT molecular complexity index is 870. The minimum atomic E-state index is -4.63. The monoisotopic (exact) mass is 387 g/mol. The molecule has 5 nitrogen and oxygen atoms in total. The topological polar surface area (TPSA) is 56.8 Å². The summed E-state index contributed by atoms with van der Waals surface area (Å²) < 4.78 is 55.3. The lowest BCUT2D eigenvalue weighted by atomic mass is 10.1. The lowest BCUT2D eigenvalue weighted by Gasteiger charge is -2.19. The van der Waals surface area contributed by atoms with E-state index in [1.807, 2.05) is 0 Å². The van der Waals surface area contributed by atoms with Crippen molar-refractivity contribution >= 4 is 23.3 Å². The van der Waals surface area contributed by atoms with Gasteiger partial charge in [0, 0.05) is 16.3 Å². The van der Waals surface area contributed by atoms with Crippen LogP contribution in [-0.2, 0) is 10.9 Å². The highest BCUT2D eigenvalue weighted by atomic mass is 35.5. The number of hydrogen-bond donors (Lipinski definition) is 1. The minimum absolute atomic E-state index is 0.0573. The zero-order valence-corrected chi connectivity index (χ0v) is 14.4. The van der Waals surface area contributed by atoms with Gasteiger partial charge in [-0.25, -0.2) is 4.79 Å². The Balaban J connectivity index is 2.02. The van der Waals surface area contributed by atoms with Gasteiger partial charge in [0.05, 0.1) is 19.8 Å². The maximum absolute atomic E-state index is 13.2. The highest BCUT2D eigenvalue weighted by Crippen LogP contribution is 2.44. The number of carbonyl (C=O) groups excluding carboxylic acids is 1. The van der Waals surface area contributed by atoms with E-state index >= 15 is 0 Å². The molecule has 0 saturated carbocycles. The Morgan fingerprint density at radius 1 is 1.15 bits per heavy atom. The Morgan fingerprint density at radius 3 is 2.50 bits per heavy atom. The third-order valence-corrected chi connectivity index (χ3v) is 4.10. The van der Waals surface area contributed by atoms with E-state index in [-0.39, 0.29) is 22.0 Å². The van der Waals surface area contributed by atoms with Gasteiger partial charge in [-0.3, -0.25) is 0 Å². The number of nitrogens with one attached hydrogen (secondary N) is 1. The number of benzene rings is 2. The molecule has 138 valence electrons. The number of cyclic esters (lactones) is 1. The second-order valence-corrected chi connectivity index (χ2v) is 5.82. The van der Waals surface area contributed by atoms with Crippen LogP contribution in [0.2, 0.25) is 5.02 Å². The molecule has 1 atom stereocenters. The highest BCUT2D eigenvalue weighted by Gasteiger charge is 2.38. The number of rotatable bonds is 4. The molecular formula is C17H13ClF3NO4. The van der Waals surface area contributed by atoms with E-state index in [0.717, 1.165) is 6.07 Å². The van der Waals surface area contributed by atoms with Crippen molar-refractivity contribution in [3.63, 3.8) is 0 Å². The molecule has 0 radical (unpaired) electrons. The first-order chi connectivity index (χ1) is 12.3. The van der Waals surface area contributed by atoms with Crippen molar-refractivity contribution in [3.05, 3.63) is 52.0 Å². The maximum Gasteiger partial charge on any atom is 0.418 e. The number of halogens is 4. The van der Waals surface area contributed by atoms with E-state index in [0.29, 0.717) is 11.3 Å². The molecule has 0 spiro atoms. The summed E-state index contributed by atoms with van der Waals surface area (Å²) in [6.45, 7) is 0. The number of methoxy groups -OCH3 is 2. The summed E-state index contributed by atoms with van der Waals surface area (Å²) >= 11 is 5.67. The third-order valence-electron chi connectivity index (χ3n) is 3.86. The van der Waals surface area contributed by atoms with Crippen LogP contribution >= 0.6 is 11.6 Å². The summed E-state index contributed by atoms with van der Waals surface area (Å²) in [5.41, 5.74) is -0.778. The number of carbonyl (C=O) groups is 1. The van der Waals surface area contributed by atoms with Gasteiger partial charge in [0.2, 0.25) is 6.23 Å². The fourth-order valence-corrected chi connectivity index (χ4v) is 2.90. The predicted molar refractivity (Wildman–Crippen MR) is 87.8 cm³/mol. The number of fused-ring (bicyclic) bond motifs is 1. The van der Waals surface area contributed by atoms with Crippen LogP contribution in [0.15, 0.2) is 30.3 Å². The van der Waals surface area contributed by atoms with Gasteiger partial charge in [0.15, 0.2) is 11.5 Å². The van der Waals surface area contributed by atoms with Gasteiger partial charge in [-0.15, -0.1) is 0 Å². The van der Waals surface area contributed by atoms with Crippen molar-refractivity contribution in [1.82, 2.24) is 0 Å². The summed E-state index contributed by atoms with van der Waals surface area (Å²) in [4.78, 5) is 12.2. The molecule has 0 aromatic heterocycles. The number of esters is 1. The van der Waals surface area contributed by atoms with E-state index in [1.54, 1.807) is 6.07 Å². The summed E-state index contributed by atoms with van der Waals surface area (Å²) in [5, 5.41) is 2.54. The highest BCUT2D eigenvalue weighted by molar-refractivity contribution is 6.30. The van der Waals surface area contributed by atoms with E-state index in [4.69, 9.17) is 25.8 Å². The summed E-state index contributed by atoms with van der Waals surface area (Å²) in [6, 6.07) is 6.36. The molecule has 1 aliphatic heterocycles. The van der Waals surface area contributed by atoms with Gasteiger partial charge in [0.25, 0.3) is 0 Å². The van der Waals surface area contributed by atoms with Crippen molar-refractivity contribution in [3.8, 4) is 11.5 Å². The standard InChI is InChI=1S/C17H13ClF3NO4/c1-24-12-6-4-9-13(14(12)25-2)16(23)26-15(9)22-11-5-3-8(18)7-10(11)17(19,20)21/h3-7,15,22H,1-2H3/t15-/m0/s1. The summed E-state index contributed by atoms with van der Waals surface area (Å²) in [5.74, 6) is -0.256. The van der Waals surface area contributed by atoms with Crippen LogP contribution in [0.3, 0.4) is 0 Å². The molecule has 0 aliphatic carbocycles. The molecule has 0 unspecified atom stereocenters. The van der Waals surface area contributed by atoms with Gasteiger partial charge in [-0.2, -0.15) is 13.2 Å². The van der Waals surface area contributed by atoms with Crippen LogP contribution in [-0.4, -0.2) is 20.2 Å². The smallest absolute Gasteiger partial charge is 0.418 e. The van der Waals surface area contributed by atoms with Gasteiger partial charge >= 0.3 is 12.1 Å². The van der Waals surface area contributed by atoms with Crippen LogP contribution in [0.5, 0.6) is 11.5 Å². The fraction of sp³-hybridized carbons (Fsp3) is 0.235. The molecule has 1 aliphatic rings. The van der Waals surface area contributed by atoms with Crippen LogP contribution in [0.4, 0.5) is 18.9 Å². The number of hydrogen-bond acceptors (Lipinski definition) is 5. The predicted octanol–water partition coefficient (Wildman–Crippen LogP) is 4.66. The van der Waals surface area contributed by atoms with E-state index in [1.165, 1.54) is 32.4 Å². The van der Waals surface area contributed by atoms with Crippen molar-refractivity contribution in [2.75, 3.05) is 19.5 Å². The average molecular weight is 388 g/mol. The van der Waals surface area contributed by atoms with Crippen LogP contribution in [0, 0.1) is 0 Å². The second kappa shape index (κ2) is 6.60. The van der Waals surface area contributed by atoms with E-state index in [2.05, 4.69) is 5.32 Å². The normalized spacial score (nSPS) is 16.1. The zero-order valence-electron chi connectivity index (χ0n) is 13.6. The van der Waals surface area contributed by atoms with Gasteiger partial charge in [0.1, 0.15) is 5.56 Å². The van der Waals surface area contributed by atoms with Gasteiger partial charge in [-0.05, 0) is 30.3 Å². The Hall–Kier alpha value is -2.61. The fourth-order valence-electron chi connectivity index (χ4n) is 2.73. The zero-order chi connectivity index (χ0) is 19.1. The quantitative estimate of drug-likeness (QED) is 0.773. The molecule has 0 saturated heterocycles. The lowest BCUT2D eigenvalue weighted by molar-refractivity contribution is -0.137. The van der Waals surface area contributed by atoms with Gasteiger partial charge < -0.3 is 19.5 Å². The molecule has 3 rings (SSSR count). The van der Waals surface area contributed by atoms with Crippen molar-refractivity contribution < 1.29 is 32.2 Å². The molecule has 0 fully saturated rings. The molecular weight excluding hydrogens is 375 g/mol. The molecule has 1 heterocycles. The number of anilines is 1. The molecule has 2 aromatic rings. The lowest BCUT2D eigenvalue weighted by Crippen LogP contribution is -2.15. The van der Waals surface area contributed by atoms with Crippen molar-refractivity contribution in [1.29, 1.82) is 0 Å². The minimum Gasteiger partial charge on any atom is -0.493 e. The van der Waals surface area contributed by atoms with Crippen LogP contribution in [0.1, 0.15) is 27.7 Å². The molecule has 0 bridgehead atoms. The Labute approximate surface area is 151 Å². The summed E-state index contributed by atoms with van der Waals surface area (Å²) in [7, 11) is 2.76. The maximum atomic E-state index is 13.2. The molecule has 9 heteroatoms. The second-order valence-electron chi connectivity index (χ2n) is 5.38. The molecule has 0 amide bonds. The first-order valence-corrected chi connectivity index (χ1v) is 7.73. The first kappa shape index (κ1) is 18.2. The molecule has 1 N–H and O–H groups in total. The number of alkyl halides is 3. The molecule has 26 heavy (non-hydrogen) atoms. The SMILES string of the molecule is COc1ccc2c(c1OC)C(=O)O[C@@H]2Nc1ccc(Cl)cc1C(F)(F)F. The number of ether oxygens (including phenoxy) is 3. The van der Waals surface area contributed by atoms with E-state index < -0.39 is 23.9 Å².